The van der Waals surface area contributed by atoms with E-state index in [9.17, 15) is 0 Å². The molecule has 11 heavy (non-hydrogen) atoms. The minimum Gasteiger partial charge on any atom is -0.368 e. The number of aromatic nitrogens is 3. The van der Waals surface area contributed by atoms with Crippen LogP contribution >= 0.6 is 11.8 Å². The first kappa shape index (κ1) is 8.39. The van der Waals surface area contributed by atoms with Crippen molar-refractivity contribution in [1.29, 1.82) is 0 Å². The summed E-state index contributed by atoms with van der Waals surface area (Å²) in [6, 6.07) is 0. The van der Waals surface area contributed by atoms with Crippen molar-refractivity contribution in [3.05, 3.63) is 0 Å². The lowest BCUT2D eigenvalue weighted by Crippen LogP contribution is -1.99. The number of anilines is 1. The number of rotatable bonds is 2. The molecule has 0 aliphatic carbocycles. The van der Waals surface area contributed by atoms with Gasteiger partial charge in [0.15, 0.2) is 5.16 Å². The number of hydrogen-bond acceptors (Lipinski definition) is 4. The maximum atomic E-state index is 5.49. The van der Waals surface area contributed by atoms with Crippen LogP contribution in [0.25, 0.3) is 0 Å². The molecule has 4 nitrogen and oxygen atoms in total. The molecule has 0 amide bonds. The third-order valence-corrected chi connectivity index (χ3v) is 2.25. The lowest BCUT2D eigenvalue weighted by molar-refractivity contribution is 0.792. The van der Waals surface area contributed by atoms with Crippen LogP contribution in [-0.2, 0) is 7.05 Å². The maximum Gasteiger partial charge on any atom is 0.222 e. The van der Waals surface area contributed by atoms with Gasteiger partial charge in [-0.1, -0.05) is 25.6 Å². The zero-order chi connectivity index (χ0) is 8.43. The molecule has 0 aliphatic rings. The van der Waals surface area contributed by atoms with E-state index >= 15 is 0 Å². The molecule has 1 rings (SSSR count). The summed E-state index contributed by atoms with van der Waals surface area (Å²) in [4.78, 5) is 0. The Balaban J connectivity index is 2.79. The predicted octanol–water partition coefficient (Wildman–Crippen LogP) is 0.898. The fraction of sp³-hybridized carbons (Fsp3) is 0.667. The molecule has 0 fully saturated rings. The van der Waals surface area contributed by atoms with Gasteiger partial charge in [-0.3, -0.25) is 4.57 Å². The molecule has 5 heteroatoms. The Morgan fingerprint density at radius 2 is 2.09 bits per heavy atom. The Morgan fingerprint density at radius 1 is 1.45 bits per heavy atom. The van der Waals surface area contributed by atoms with Gasteiger partial charge in [0, 0.05) is 12.3 Å². The van der Waals surface area contributed by atoms with Crippen molar-refractivity contribution in [2.45, 2.75) is 24.3 Å². The van der Waals surface area contributed by atoms with E-state index in [1.807, 2.05) is 7.05 Å². The zero-order valence-corrected chi connectivity index (χ0v) is 7.72. The molecule has 62 valence electrons. The highest BCUT2D eigenvalue weighted by Crippen LogP contribution is 2.20. The number of nitrogens with two attached hydrogens (primary N) is 1. The van der Waals surface area contributed by atoms with Crippen LogP contribution < -0.4 is 5.73 Å². The van der Waals surface area contributed by atoms with E-state index in [1.54, 1.807) is 16.3 Å². The smallest absolute Gasteiger partial charge is 0.222 e. The Labute approximate surface area is 70.2 Å². The molecule has 0 unspecified atom stereocenters. The second-order valence-electron chi connectivity index (χ2n) is 2.57. The highest BCUT2D eigenvalue weighted by molar-refractivity contribution is 7.99. The molecular weight excluding hydrogens is 160 g/mol. The SMILES string of the molecule is CC(C)Sc1nnc(N)n1C. The second-order valence-corrected chi connectivity index (χ2v) is 4.11. The number of thioether (sulfide) groups is 1. The van der Waals surface area contributed by atoms with Crippen molar-refractivity contribution in [3.8, 4) is 0 Å². The minimum absolute atomic E-state index is 0.466. The predicted molar refractivity (Wildman–Crippen MR) is 46.4 cm³/mol. The molecule has 1 heterocycles. The van der Waals surface area contributed by atoms with Crippen LogP contribution in [0.2, 0.25) is 0 Å². The molecule has 2 N–H and O–H groups in total. The van der Waals surface area contributed by atoms with Gasteiger partial charge in [-0.15, -0.1) is 10.2 Å². The Bertz CT molecular complexity index is 243. The van der Waals surface area contributed by atoms with Crippen LogP contribution in [0.1, 0.15) is 13.8 Å². The van der Waals surface area contributed by atoms with Gasteiger partial charge in [-0.2, -0.15) is 0 Å². The first-order valence-electron chi connectivity index (χ1n) is 3.42. The first-order chi connectivity index (χ1) is 5.11. The van der Waals surface area contributed by atoms with Crippen LogP contribution in [0.4, 0.5) is 5.95 Å². The standard InChI is InChI=1S/C6H12N4S/c1-4(2)11-6-9-8-5(7)10(6)3/h4H,1-3H3,(H2,7,8). The third kappa shape index (κ3) is 1.86. The van der Waals surface area contributed by atoms with Crippen LogP contribution in [0.3, 0.4) is 0 Å². The Morgan fingerprint density at radius 3 is 2.45 bits per heavy atom. The van der Waals surface area contributed by atoms with E-state index in [2.05, 4.69) is 24.0 Å². The monoisotopic (exact) mass is 172 g/mol. The molecule has 0 aromatic carbocycles. The number of hydrogen-bond donors (Lipinski definition) is 1. The van der Waals surface area contributed by atoms with Crippen molar-refractivity contribution in [1.82, 2.24) is 14.8 Å². The van der Waals surface area contributed by atoms with Crippen molar-refractivity contribution in [2.75, 3.05) is 5.73 Å². The fourth-order valence-corrected chi connectivity index (χ4v) is 1.40. The van der Waals surface area contributed by atoms with Gasteiger partial charge in [-0.25, -0.2) is 0 Å². The van der Waals surface area contributed by atoms with E-state index < -0.39 is 0 Å². The normalized spacial score (nSPS) is 10.9. The van der Waals surface area contributed by atoms with Crippen molar-refractivity contribution in [3.63, 3.8) is 0 Å². The third-order valence-electron chi connectivity index (χ3n) is 1.21. The van der Waals surface area contributed by atoms with E-state index in [4.69, 9.17) is 5.73 Å². The van der Waals surface area contributed by atoms with Crippen molar-refractivity contribution in [2.24, 2.45) is 7.05 Å². The largest absolute Gasteiger partial charge is 0.368 e. The molecule has 0 atom stereocenters. The highest BCUT2D eigenvalue weighted by atomic mass is 32.2. The van der Waals surface area contributed by atoms with E-state index in [0.717, 1.165) is 5.16 Å². The van der Waals surface area contributed by atoms with E-state index in [0.29, 0.717) is 11.2 Å². The van der Waals surface area contributed by atoms with Crippen molar-refractivity contribution < 1.29 is 0 Å². The van der Waals surface area contributed by atoms with Gasteiger partial charge in [0.25, 0.3) is 0 Å². The van der Waals surface area contributed by atoms with Gasteiger partial charge in [0.2, 0.25) is 5.95 Å². The Kier molecular flexibility index (Phi) is 2.38. The van der Waals surface area contributed by atoms with Crippen LogP contribution in [-0.4, -0.2) is 20.0 Å². The van der Waals surface area contributed by atoms with Crippen LogP contribution in [0.15, 0.2) is 5.16 Å². The summed E-state index contributed by atoms with van der Waals surface area (Å²) in [7, 11) is 1.86. The average Bonchev–Trinajstić information content (AvgIpc) is 2.18. The van der Waals surface area contributed by atoms with Gasteiger partial charge in [0.1, 0.15) is 0 Å². The summed E-state index contributed by atoms with van der Waals surface area (Å²) in [5.41, 5.74) is 5.49. The maximum absolute atomic E-state index is 5.49. The molecule has 1 aromatic rings. The van der Waals surface area contributed by atoms with Gasteiger partial charge in [-0.05, 0) is 0 Å². The average molecular weight is 172 g/mol. The molecule has 0 bridgehead atoms. The first-order valence-corrected chi connectivity index (χ1v) is 4.30. The summed E-state index contributed by atoms with van der Waals surface area (Å²) < 4.78 is 1.78. The van der Waals surface area contributed by atoms with Crippen molar-refractivity contribution >= 4 is 17.7 Å². The second kappa shape index (κ2) is 3.13. The molecule has 1 aromatic heterocycles. The fourth-order valence-electron chi connectivity index (χ4n) is 0.640. The molecule has 0 aliphatic heterocycles. The molecule has 0 radical (unpaired) electrons. The summed E-state index contributed by atoms with van der Waals surface area (Å²) in [6.07, 6.45) is 0. The zero-order valence-electron chi connectivity index (χ0n) is 6.90. The highest BCUT2D eigenvalue weighted by Gasteiger charge is 2.06. The summed E-state index contributed by atoms with van der Waals surface area (Å²) in [5.74, 6) is 0.466. The number of nitrogen functional groups attached to an aromatic ring is 1. The Hall–Kier alpha value is -0.710. The van der Waals surface area contributed by atoms with Gasteiger partial charge in [0.05, 0.1) is 0 Å². The summed E-state index contributed by atoms with van der Waals surface area (Å²) in [6.45, 7) is 4.21. The number of nitrogens with zero attached hydrogens (tertiary/aromatic N) is 3. The molecule has 0 spiro atoms. The summed E-state index contributed by atoms with van der Waals surface area (Å²) in [5, 5.41) is 9.03. The molecule has 0 saturated carbocycles. The van der Waals surface area contributed by atoms with E-state index in [1.165, 1.54) is 0 Å². The topological polar surface area (TPSA) is 56.7 Å². The van der Waals surface area contributed by atoms with Crippen LogP contribution in [0, 0.1) is 0 Å². The van der Waals surface area contributed by atoms with Gasteiger partial charge < -0.3 is 5.73 Å². The summed E-state index contributed by atoms with van der Waals surface area (Å²) >= 11 is 1.66. The molecular formula is C6H12N4S. The van der Waals surface area contributed by atoms with Crippen LogP contribution in [0.5, 0.6) is 0 Å². The lowest BCUT2D eigenvalue weighted by Gasteiger charge is -2.02. The van der Waals surface area contributed by atoms with E-state index in [-0.39, 0.29) is 0 Å². The minimum atomic E-state index is 0.466. The quantitative estimate of drug-likeness (QED) is 0.673. The van der Waals surface area contributed by atoms with Gasteiger partial charge >= 0.3 is 0 Å². The lowest BCUT2D eigenvalue weighted by atomic mass is 10.6. The molecule has 0 saturated heterocycles.